The minimum Gasteiger partial charge on any atom is -0.429 e. The lowest BCUT2D eigenvalue weighted by atomic mass is 10.2. The Hall–Kier alpha value is -2.53. The number of rotatable bonds is 4. The third-order valence-electron chi connectivity index (χ3n) is 3.69. The van der Waals surface area contributed by atoms with E-state index in [9.17, 15) is 27.2 Å². The number of benzene rings is 1. The van der Waals surface area contributed by atoms with E-state index in [1.54, 1.807) is 6.08 Å². The molecular weight excluding hydrogens is 426 g/mol. The van der Waals surface area contributed by atoms with Crippen LogP contribution in [0, 0.1) is 5.82 Å². The summed E-state index contributed by atoms with van der Waals surface area (Å²) in [5.41, 5.74) is -5.30. The van der Waals surface area contributed by atoms with Crippen molar-refractivity contribution in [2.45, 2.75) is 11.4 Å². The molecule has 0 aliphatic rings. The average molecular weight is 436 g/mol. The molecule has 148 valence electrons. The lowest BCUT2D eigenvalue weighted by Gasteiger charge is -2.14. The number of hydrogen-bond acceptors (Lipinski definition) is 5. The summed E-state index contributed by atoms with van der Waals surface area (Å²) in [6.07, 6.45) is -3.39. The molecule has 28 heavy (non-hydrogen) atoms. The van der Waals surface area contributed by atoms with Gasteiger partial charge >= 0.3 is 11.9 Å². The first-order valence-corrected chi connectivity index (χ1v) is 8.85. The molecule has 0 N–H and O–H groups in total. The molecule has 0 saturated carbocycles. The quantitative estimate of drug-likeness (QED) is 0.354. The molecule has 6 nitrogen and oxygen atoms in total. The van der Waals surface area contributed by atoms with Gasteiger partial charge in [-0.3, -0.25) is 9.36 Å². The molecule has 0 aliphatic carbocycles. The maximum absolute atomic E-state index is 14.6. The van der Waals surface area contributed by atoms with E-state index in [0.29, 0.717) is 5.75 Å². The Bertz CT molecular complexity index is 1210. The fourth-order valence-electron chi connectivity index (χ4n) is 2.48. The Morgan fingerprint density at radius 3 is 2.64 bits per heavy atom. The molecule has 0 aliphatic heterocycles. The molecule has 2 aromatic heterocycles. The summed E-state index contributed by atoms with van der Waals surface area (Å²) >= 11 is 7.04. The SMILES string of the molecule is C=CCSc1nc2c(Cl)cc(F)c(-n3c(=O)cc(C(F)(F)F)n(C)c3=O)c2o1. The fourth-order valence-corrected chi connectivity index (χ4v) is 3.27. The Morgan fingerprint density at radius 2 is 2.04 bits per heavy atom. The van der Waals surface area contributed by atoms with Gasteiger partial charge in [0.25, 0.3) is 10.8 Å². The molecule has 0 radical (unpaired) electrons. The lowest BCUT2D eigenvalue weighted by molar-refractivity contribution is -0.144. The van der Waals surface area contributed by atoms with Gasteiger partial charge in [0.15, 0.2) is 11.4 Å². The second kappa shape index (κ2) is 7.13. The first-order valence-electron chi connectivity index (χ1n) is 7.49. The smallest absolute Gasteiger partial charge is 0.429 e. The molecule has 2 heterocycles. The predicted molar refractivity (Wildman–Crippen MR) is 95.7 cm³/mol. The summed E-state index contributed by atoms with van der Waals surface area (Å²) in [5.74, 6) is -0.738. The van der Waals surface area contributed by atoms with Crippen molar-refractivity contribution in [1.29, 1.82) is 0 Å². The van der Waals surface area contributed by atoms with E-state index in [-0.39, 0.29) is 36.5 Å². The maximum atomic E-state index is 14.6. The van der Waals surface area contributed by atoms with E-state index in [2.05, 4.69) is 11.6 Å². The normalized spacial score (nSPS) is 11.9. The summed E-state index contributed by atoms with van der Waals surface area (Å²) < 4.78 is 59.5. The molecule has 0 atom stereocenters. The van der Waals surface area contributed by atoms with Crippen LogP contribution in [0.25, 0.3) is 16.8 Å². The highest BCUT2D eigenvalue weighted by atomic mass is 35.5. The van der Waals surface area contributed by atoms with E-state index in [1.165, 1.54) is 0 Å². The van der Waals surface area contributed by atoms with Crippen LogP contribution in [0.4, 0.5) is 17.6 Å². The molecule has 12 heteroatoms. The van der Waals surface area contributed by atoms with Crippen molar-refractivity contribution in [3.63, 3.8) is 0 Å². The molecule has 3 aromatic rings. The number of alkyl halides is 3. The van der Waals surface area contributed by atoms with Gasteiger partial charge in [-0.25, -0.2) is 18.7 Å². The number of aromatic nitrogens is 3. The van der Waals surface area contributed by atoms with Crippen molar-refractivity contribution < 1.29 is 22.0 Å². The minimum absolute atomic E-state index is 0.0431. The van der Waals surface area contributed by atoms with Crippen LogP contribution < -0.4 is 11.2 Å². The van der Waals surface area contributed by atoms with Gasteiger partial charge in [0.2, 0.25) is 0 Å². The molecule has 0 fully saturated rings. The largest absolute Gasteiger partial charge is 0.431 e. The van der Waals surface area contributed by atoms with E-state index in [4.69, 9.17) is 16.0 Å². The Labute approximate surface area is 163 Å². The van der Waals surface area contributed by atoms with Gasteiger partial charge in [-0.15, -0.1) is 6.58 Å². The number of fused-ring (bicyclic) bond motifs is 1. The van der Waals surface area contributed by atoms with Crippen molar-refractivity contribution in [3.8, 4) is 5.69 Å². The molecule has 0 amide bonds. The number of hydrogen-bond donors (Lipinski definition) is 0. The van der Waals surface area contributed by atoms with Crippen molar-refractivity contribution >= 4 is 34.5 Å². The molecule has 0 spiro atoms. The number of oxazole rings is 1. The lowest BCUT2D eigenvalue weighted by Crippen LogP contribution is -2.41. The molecule has 0 bridgehead atoms. The second-order valence-corrected chi connectivity index (χ2v) is 6.87. The van der Waals surface area contributed by atoms with Crippen LogP contribution in [-0.2, 0) is 13.2 Å². The van der Waals surface area contributed by atoms with Crippen LogP contribution in [0.3, 0.4) is 0 Å². The molecule has 3 rings (SSSR count). The summed E-state index contributed by atoms with van der Waals surface area (Å²) in [7, 11) is 0.817. The molecule has 0 saturated heterocycles. The van der Waals surface area contributed by atoms with Gasteiger partial charge in [-0.05, 0) is 6.07 Å². The zero-order chi connectivity index (χ0) is 20.8. The minimum atomic E-state index is -4.94. The Balaban J connectivity index is 2.37. The van der Waals surface area contributed by atoms with Crippen molar-refractivity contribution in [1.82, 2.24) is 14.1 Å². The summed E-state index contributed by atoms with van der Waals surface area (Å²) in [6, 6.07) is 0.998. The molecular formula is C16H10ClF4N3O3S. The number of thioether (sulfide) groups is 1. The van der Waals surface area contributed by atoms with Gasteiger partial charge in [0.1, 0.15) is 16.9 Å². The zero-order valence-electron chi connectivity index (χ0n) is 14.0. The summed E-state index contributed by atoms with van der Waals surface area (Å²) in [5, 5.41) is -0.0947. The van der Waals surface area contributed by atoms with Crippen LogP contribution >= 0.6 is 23.4 Å². The Kier molecular flexibility index (Phi) is 5.15. The first-order chi connectivity index (χ1) is 13.1. The van der Waals surface area contributed by atoms with Crippen LogP contribution in [0.15, 0.2) is 44.0 Å². The van der Waals surface area contributed by atoms with Crippen LogP contribution in [0.5, 0.6) is 0 Å². The monoisotopic (exact) mass is 435 g/mol. The van der Waals surface area contributed by atoms with E-state index >= 15 is 0 Å². The summed E-state index contributed by atoms with van der Waals surface area (Å²) in [4.78, 5) is 28.8. The average Bonchev–Trinajstić information content (AvgIpc) is 3.02. The van der Waals surface area contributed by atoms with Gasteiger partial charge in [-0.1, -0.05) is 29.4 Å². The van der Waals surface area contributed by atoms with E-state index in [0.717, 1.165) is 24.9 Å². The predicted octanol–water partition coefficient (Wildman–Crippen LogP) is 3.77. The maximum Gasteiger partial charge on any atom is 0.431 e. The standard InChI is InChI=1S/C16H10ClF4N3O3S/c1-3-4-28-14-22-11-7(17)5-8(18)12(13(11)27-14)24-10(25)6-9(16(19,20)21)23(2)15(24)26/h3,5-6H,1,4H2,2H3. The number of nitrogens with zero attached hydrogens (tertiary/aromatic N) is 3. The highest BCUT2D eigenvalue weighted by Crippen LogP contribution is 2.34. The van der Waals surface area contributed by atoms with Gasteiger partial charge < -0.3 is 4.42 Å². The van der Waals surface area contributed by atoms with Crippen molar-refractivity contribution in [2.75, 3.05) is 5.75 Å². The van der Waals surface area contributed by atoms with Crippen LogP contribution in [-0.4, -0.2) is 19.9 Å². The zero-order valence-corrected chi connectivity index (χ0v) is 15.6. The van der Waals surface area contributed by atoms with Crippen molar-refractivity contribution in [3.05, 3.63) is 62.2 Å². The number of halogens is 5. The van der Waals surface area contributed by atoms with E-state index in [1.807, 2.05) is 0 Å². The Morgan fingerprint density at radius 1 is 1.36 bits per heavy atom. The van der Waals surface area contributed by atoms with Crippen molar-refractivity contribution in [2.24, 2.45) is 7.05 Å². The first kappa shape index (κ1) is 20.2. The highest BCUT2D eigenvalue weighted by Gasteiger charge is 2.35. The molecule has 1 aromatic carbocycles. The van der Waals surface area contributed by atoms with Gasteiger partial charge in [0.05, 0.1) is 5.02 Å². The van der Waals surface area contributed by atoms with Gasteiger partial charge in [0, 0.05) is 18.9 Å². The second-order valence-electron chi connectivity index (χ2n) is 5.49. The third-order valence-corrected chi connectivity index (χ3v) is 4.80. The third kappa shape index (κ3) is 3.35. The summed E-state index contributed by atoms with van der Waals surface area (Å²) in [6.45, 7) is 3.53. The topological polar surface area (TPSA) is 70.0 Å². The fraction of sp³-hybridized carbons (Fsp3) is 0.188. The van der Waals surface area contributed by atoms with Crippen LogP contribution in [0.1, 0.15) is 5.69 Å². The van der Waals surface area contributed by atoms with Gasteiger partial charge in [-0.2, -0.15) is 13.2 Å². The highest BCUT2D eigenvalue weighted by molar-refractivity contribution is 7.99. The van der Waals surface area contributed by atoms with E-state index < -0.39 is 34.6 Å². The molecule has 0 unspecified atom stereocenters. The van der Waals surface area contributed by atoms with Crippen LogP contribution in [0.2, 0.25) is 5.02 Å².